The maximum Gasteiger partial charge on any atom is 0.152 e. The lowest BCUT2D eigenvalue weighted by Crippen LogP contribution is -2.31. The van der Waals surface area contributed by atoms with Crippen molar-refractivity contribution < 1.29 is 4.57 Å². The van der Waals surface area contributed by atoms with Crippen LogP contribution in [0.2, 0.25) is 0 Å². The van der Waals surface area contributed by atoms with Crippen LogP contribution in [0.5, 0.6) is 0 Å². The van der Waals surface area contributed by atoms with E-state index in [1.165, 1.54) is 0 Å². The van der Waals surface area contributed by atoms with Gasteiger partial charge >= 0.3 is 0 Å². The molecule has 74 valence electrons. The molecule has 3 heteroatoms. The van der Waals surface area contributed by atoms with Crippen LogP contribution in [0.15, 0.2) is 0 Å². The van der Waals surface area contributed by atoms with Gasteiger partial charge < -0.3 is 4.57 Å². The van der Waals surface area contributed by atoms with Gasteiger partial charge in [0, 0.05) is 17.9 Å². The van der Waals surface area contributed by atoms with Crippen LogP contribution in [-0.4, -0.2) is 29.6 Å². The van der Waals surface area contributed by atoms with Crippen molar-refractivity contribution in [3.63, 3.8) is 0 Å². The molecule has 0 fully saturated rings. The normalized spacial score (nSPS) is 18.4. The molecule has 0 aliphatic carbocycles. The van der Waals surface area contributed by atoms with Gasteiger partial charge in [-0.25, -0.2) is 0 Å². The van der Waals surface area contributed by atoms with Crippen LogP contribution in [0, 0.1) is 0 Å². The average Bonchev–Trinajstić information content (AvgIpc) is 1.83. The second kappa shape index (κ2) is 3.51. The Balaban J connectivity index is 4.75. The summed E-state index contributed by atoms with van der Waals surface area (Å²) in [5, 5.41) is -0.119. The summed E-state index contributed by atoms with van der Waals surface area (Å²) in [5.41, 5.74) is 0. The van der Waals surface area contributed by atoms with Crippen molar-refractivity contribution in [1.82, 2.24) is 4.67 Å². The van der Waals surface area contributed by atoms with Crippen LogP contribution >= 0.6 is 7.29 Å². The number of nitrogens with zero attached hydrogens (tertiary/aromatic N) is 1. The van der Waals surface area contributed by atoms with Crippen LogP contribution in [0.4, 0.5) is 0 Å². The Morgan fingerprint density at radius 2 is 1.58 bits per heavy atom. The van der Waals surface area contributed by atoms with Gasteiger partial charge in [0.1, 0.15) is 0 Å². The summed E-state index contributed by atoms with van der Waals surface area (Å²) >= 11 is 0. The smallest absolute Gasteiger partial charge is 0.152 e. The van der Waals surface area contributed by atoms with Gasteiger partial charge in [0.05, 0.1) is 0 Å². The fourth-order valence-corrected chi connectivity index (χ4v) is 2.74. The van der Waals surface area contributed by atoms with E-state index in [0.717, 1.165) is 0 Å². The lowest BCUT2D eigenvalue weighted by molar-refractivity contribution is 0.394. The minimum Gasteiger partial charge on any atom is -0.306 e. The fourth-order valence-electron chi connectivity index (χ4n) is 0.914. The van der Waals surface area contributed by atoms with E-state index < -0.39 is 7.29 Å². The highest BCUT2D eigenvalue weighted by Crippen LogP contribution is 2.57. The Hall–Kier alpha value is 0.190. The first-order chi connectivity index (χ1) is 5.10. The third kappa shape index (κ3) is 2.34. The summed E-state index contributed by atoms with van der Waals surface area (Å²) in [6.07, 6.45) is 0. The molecule has 1 atom stereocenters. The van der Waals surface area contributed by atoms with Crippen molar-refractivity contribution in [3.05, 3.63) is 0 Å². The van der Waals surface area contributed by atoms with Crippen LogP contribution in [0.25, 0.3) is 0 Å². The van der Waals surface area contributed by atoms with Gasteiger partial charge in [0.2, 0.25) is 0 Å². The van der Waals surface area contributed by atoms with Crippen LogP contribution in [-0.2, 0) is 4.57 Å². The van der Waals surface area contributed by atoms with Crippen molar-refractivity contribution in [2.45, 2.75) is 45.8 Å². The molecule has 0 aromatic heterocycles. The molecule has 0 rings (SSSR count). The molecular formula is C9H22NOP. The Kier molecular flexibility index (Phi) is 3.57. The Morgan fingerprint density at radius 1 is 1.25 bits per heavy atom. The standard InChI is InChI=1S/C9H22NOP/c1-8(2)10(6)12(7,11)9(3,4)5/h8H,1-7H3. The zero-order valence-corrected chi connectivity index (χ0v) is 10.3. The summed E-state index contributed by atoms with van der Waals surface area (Å²) in [4.78, 5) is 0. The van der Waals surface area contributed by atoms with Gasteiger partial charge in [-0.3, -0.25) is 4.67 Å². The first-order valence-corrected chi connectivity index (χ1v) is 6.52. The van der Waals surface area contributed by atoms with E-state index >= 15 is 0 Å². The Morgan fingerprint density at radius 3 is 1.67 bits per heavy atom. The van der Waals surface area contributed by atoms with E-state index in [1.54, 1.807) is 0 Å². The Labute approximate surface area is 76.8 Å². The van der Waals surface area contributed by atoms with E-state index in [-0.39, 0.29) is 5.16 Å². The van der Waals surface area contributed by atoms with Crippen molar-refractivity contribution >= 4 is 7.29 Å². The summed E-state index contributed by atoms with van der Waals surface area (Å²) in [6.45, 7) is 12.1. The summed E-state index contributed by atoms with van der Waals surface area (Å²) in [6, 6.07) is 0.347. The van der Waals surface area contributed by atoms with Crippen molar-refractivity contribution in [2.75, 3.05) is 13.7 Å². The molecule has 12 heavy (non-hydrogen) atoms. The Bertz CT molecular complexity index is 193. The van der Waals surface area contributed by atoms with Crippen LogP contribution in [0.1, 0.15) is 34.6 Å². The van der Waals surface area contributed by atoms with Crippen molar-refractivity contribution in [1.29, 1.82) is 0 Å². The van der Waals surface area contributed by atoms with E-state index in [9.17, 15) is 4.57 Å². The number of hydrogen-bond acceptors (Lipinski definition) is 1. The quantitative estimate of drug-likeness (QED) is 0.625. The molecule has 0 saturated heterocycles. The summed E-state index contributed by atoms with van der Waals surface area (Å²) < 4.78 is 14.3. The zero-order chi connectivity index (χ0) is 10.2. The van der Waals surface area contributed by atoms with E-state index in [0.29, 0.717) is 6.04 Å². The van der Waals surface area contributed by atoms with E-state index in [4.69, 9.17) is 0 Å². The predicted molar refractivity (Wildman–Crippen MR) is 56.2 cm³/mol. The van der Waals surface area contributed by atoms with Gasteiger partial charge in [-0.05, 0) is 20.9 Å². The van der Waals surface area contributed by atoms with E-state index in [1.807, 2.05) is 39.2 Å². The summed E-state index contributed by atoms with van der Waals surface area (Å²) in [5.74, 6) is 0. The molecular weight excluding hydrogens is 169 g/mol. The van der Waals surface area contributed by atoms with Gasteiger partial charge in [-0.15, -0.1) is 0 Å². The lowest BCUT2D eigenvalue weighted by Gasteiger charge is -2.37. The molecule has 0 aromatic rings. The highest BCUT2D eigenvalue weighted by Gasteiger charge is 2.36. The maximum atomic E-state index is 12.3. The molecule has 0 saturated carbocycles. The lowest BCUT2D eigenvalue weighted by atomic mass is 10.3. The van der Waals surface area contributed by atoms with E-state index in [2.05, 4.69) is 13.8 Å². The predicted octanol–water partition coefficient (Wildman–Crippen LogP) is 3.03. The van der Waals surface area contributed by atoms with Gasteiger partial charge in [0.25, 0.3) is 0 Å². The monoisotopic (exact) mass is 191 g/mol. The fraction of sp³-hybridized carbons (Fsp3) is 1.00. The highest BCUT2D eigenvalue weighted by molar-refractivity contribution is 7.62. The molecule has 0 amide bonds. The number of rotatable bonds is 2. The molecule has 2 nitrogen and oxygen atoms in total. The van der Waals surface area contributed by atoms with Gasteiger partial charge in [-0.1, -0.05) is 20.8 Å². The minimum absolute atomic E-state index is 0.119. The number of hydrogen-bond donors (Lipinski definition) is 0. The SMILES string of the molecule is CC(C)N(C)P(C)(=O)C(C)(C)C. The maximum absolute atomic E-state index is 12.3. The third-order valence-electron chi connectivity index (χ3n) is 2.59. The summed E-state index contributed by atoms with van der Waals surface area (Å²) in [7, 11) is -0.249. The second-order valence-electron chi connectivity index (χ2n) is 4.72. The second-order valence-corrected chi connectivity index (χ2v) is 8.45. The zero-order valence-electron chi connectivity index (χ0n) is 9.38. The van der Waals surface area contributed by atoms with Crippen molar-refractivity contribution in [3.8, 4) is 0 Å². The van der Waals surface area contributed by atoms with Gasteiger partial charge in [0.15, 0.2) is 7.29 Å². The molecule has 1 unspecified atom stereocenters. The molecule has 0 spiro atoms. The van der Waals surface area contributed by atoms with Crippen LogP contribution < -0.4 is 0 Å². The molecule has 0 aromatic carbocycles. The average molecular weight is 191 g/mol. The van der Waals surface area contributed by atoms with Gasteiger partial charge in [-0.2, -0.15) is 0 Å². The largest absolute Gasteiger partial charge is 0.306 e. The van der Waals surface area contributed by atoms with Crippen molar-refractivity contribution in [2.24, 2.45) is 0 Å². The molecule has 0 aliphatic rings. The topological polar surface area (TPSA) is 20.3 Å². The minimum atomic E-state index is -2.19. The highest BCUT2D eigenvalue weighted by atomic mass is 31.2. The molecule has 0 aliphatic heterocycles. The molecule has 0 N–H and O–H groups in total. The molecule has 0 radical (unpaired) electrons. The molecule has 0 heterocycles. The molecule has 0 bridgehead atoms. The van der Waals surface area contributed by atoms with Crippen LogP contribution in [0.3, 0.4) is 0 Å². The third-order valence-corrected chi connectivity index (χ3v) is 6.75. The first-order valence-electron chi connectivity index (χ1n) is 4.41. The first kappa shape index (κ1) is 12.2.